The van der Waals surface area contributed by atoms with Crippen LogP contribution < -0.4 is 16.0 Å². The van der Waals surface area contributed by atoms with Crippen molar-refractivity contribution in [3.63, 3.8) is 0 Å². The summed E-state index contributed by atoms with van der Waals surface area (Å²) in [4.78, 5) is 31.1. The van der Waals surface area contributed by atoms with Gasteiger partial charge in [0.2, 0.25) is 5.95 Å². The first-order valence-corrected chi connectivity index (χ1v) is 12.5. The number of nitrogens with one attached hydrogen (secondary N) is 1. The zero-order valence-electron chi connectivity index (χ0n) is 21.7. The SMILES string of the molecule is CC(C)(C)OC(=O)N1CCc2ccc(-n3c(N)nc4cc(CNC(=O)OCc5ccccc5)ccc43)cc21. The molecule has 2 amide bonds. The number of fused-ring (bicyclic) bond motifs is 2. The molecule has 0 bridgehead atoms. The van der Waals surface area contributed by atoms with Gasteiger partial charge < -0.3 is 20.5 Å². The Morgan fingerprint density at radius 1 is 1.03 bits per heavy atom. The van der Waals surface area contributed by atoms with Gasteiger partial charge in [-0.25, -0.2) is 14.6 Å². The van der Waals surface area contributed by atoms with E-state index in [0.29, 0.717) is 24.6 Å². The second-order valence-corrected chi connectivity index (χ2v) is 10.2. The van der Waals surface area contributed by atoms with E-state index >= 15 is 0 Å². The molecule has 0 fully saturated rings. The Morgan fingerprint density at radius 3 is 2.58 bits per heavy atom. The van der Waals surface area contributed by atoms with Gasteiger partial charge in [0.15, 0.2) is 0 Å². The highest BCUT2D eigenvalue weighted by Crippen LogP contribution is 2.33. The maximum Gasteiger partial charge on any atom is 0.414 e. The summed E-state index contributed by atoms with van der Waals surface area (Å²) in [6.45, 7) is 6.63. The van der Waals surface area contributed by atoms with E-state index in [0.717, 1.165) is 40.0 Å². The zero-order valence-corrected chi connectivity index (χ0v) is 21.7. The van der Waals surface area contributed by atoms with Crippen molar-refractivity contribution in [3.05, 3.63) is 83.4 Å². The van der Waals surface area contributed by atoms with E-state index in [1.54, 1.807) is 4.90 Å². The lowest BCUT2D eigenvalue weighted by Crippen LogP contribution is -2.35. The first kappa shape index (κ1) is 25.1. The minimum absolute atomic E-state index is 0.207. The normalized spacial score (nSPS) is 12.9. The molecule has 0 saturated heterocycles. The lowest BCUT2D eigenvalue weighted by molar-refractivity contribution is 0.0584. The Bertz CT molecular complexity index is 1490. The summed E-state index contributed by atoms with van der Waals surface area (Å²) in [5.41, 5.74) is 11.8. The summed E-state index contributed by atoms with van der Waals surface area (Å²) >= 11 is 0. The van der Waals surface area contributed by atoms with Crippen molar-refractivity contribution in [2.45, 2.75) is 45.9 Å². The molecule has 3 N–H and O–H groups in total. The van der Waals surface area contributed by atoms with Crippen LogP contribution in [0.1, 0.15) is 37.5 Å². The number of anilines is 2. The molecule has 2 heterocycles. The van der Waals surface area contributed by atoms with Gasteiger partial charge in [0.05, 0.1) is 22.4 Å². The fourth-order valence-electron chi connectivity index (χ4n) is 4.49. The van der Waals surface area contributed by atoms with E-state index in [4.69, 9.17) is 15.2 Å². The highest BCUT2D eigenvalue weighted by Gasteiger charge is 2.29. The predicted octanol–water partition coefficient (Wildman–Crippen LogP) is 5.33. The van der Waals surface area contributed by atoms with Gasteiger partial charge in [-0.15, -0.1) is 0 Å². The molecule has 0 saturated carbocycles. The average molecular weight is 514 g/mol. The number of nitrogen functional groups attached to an aromatic ring is 1. The van der Waals surface area contributed by atoms with E-state index in [1.807, 2.05) is 92.1 Å². The third-order valence-corrected chi connectivity index (χ3v) is 6.23. The van der Waals surface area contributed by atoms with Crippen molar-refractivity contribution in [3.8, 4) is 5.69 Å². The largest absolute Gasteiger partial charge is 0.445 e. The number of amides is 2. The third-order valence-electron chi connectivity index (χ3n) is 6.23. The van der Waals surface area contributed by atoms with Crippen molar-refractivity contribution >= 4 is 34.9 Å². The highest BCUT2D eigenvalue weighted by molar-refractivity contribution is 5.91. The van der Waals surface area contributed by atoms with Gasteiger partial charge in [-0.1, -0.05) is 42.5 Å². The molecule has 9 heteroatoms. The Labute approximate surface area is 221 Å². The third kappa shape index (κ3) is 5.41. The molecule has 196 valence electrons. The number of nitrogens with zero attached hydrogens (tertiary/aromatic N) is 3. The molecular formula is C29H31N5O4. The summed E-state index contributed by atoms with van der Waals surface area (Å²) in [5.74, 6) is 0.328. The van der Waals surface area contributed by atoms with Crippen molar-refractivity contribution in [1.29, 1.82) is 0 Å². The number of ether oxygens (including phenoxy) is 2. The topological polar surface area (TPSA) is 112 Å². The summed E-state index contributed by atoms with van der Waals surface area (Å²) in [7, 11) is 0. The number of benzene rings is 3. The van der Waals surface area contributed by atoms with Crippen LogP contribution >= 0.6 is 0 Å². The molecule has 0 spiro atoms. The van der Waals surface area contributed by atoms with Crippen LogP contribution in [0, 0.1) is 0 Å². The molecule has 9 nitrogen and oxygen atoms in total. The Morgan fingerprint density at radius 2 is 1.82 bits per heavy atom. The number of hydrogen-bond donors (Lipinski definition) is 2. The second kappa shape index (κ2) is 10.1. The first-order valence-electron chi connectivity index (χ1n) is 12.5. The van der Waals surface area contributed by atoms with E-state index in [1.165, 1.54) is 0 Å². The van der Waals surface area contributed by atoms with Crippen molar-refractivity contribution in [1.82, 2.24) is 14.9 Å². The molecule has 0 atom stereocenters. The Hall–Kier alpha value is -4.53. The van der Waals surface area contributed by atoms with Crippen LogP contribution in [0.25, 0.3) is 16.7 Å². The summed E-state index contributed by atoms with van der Waals surface area (Å²) in [5, 5.41) is 2.77. The van der Waals surface area contributed by atoms with Crippen LogP contribution in [0.5, 0.6) is 0 Å². The number of aromatic nitrogens is 2. The van der Waals surface area contributed by atoms with Crippen LogP contribution in [0.2, 0.25) is 0 Å². The molecule has 3 aromatic carbocycles. The van der Waals surface area contributed by atoms with Gasteiger partial charge in [-0.3, -0.25) is 9.47 Å². The monoisotopic (exact) mass is 513 g/mol. The van der Waals surface area contributed by atoms with Crippen LogP contribution in [0.4, 0.5) is 21.2 Å². The molecule has 0 aliphatic carbocycles. The predicted molar refractivity (Wildman–Crippen MR) is 146 cm³/mol. The molecule has 4 aromatic rings. The lowest BCUT2D eigenvalue weighted by Gasteiger charge is -2.25. The number of hydrogen-bond acceptors (Lipinski definition) is 6. The average Bonchev–Trinajstić information content (AvgIpc) is 3.45. The van der Waals surface area contributed by atoms with Crippen molar-refractivity contribution in [2.24, 2.45) is 0 Å². The van der Waals surface area contributed by atoms with E-state index in [9.17, 15) is 9.59 Å². The van der Waals surface area contributed by atoms with E-state index in [2.05, 4.69) is 10.3 Å². The van der Waals surface area contributed by atoms with Crippen LogP contribution in [-0.4, -0.2) is 33.9 Å². The van der Waals surface area contributed by atoms with Crippen LogP contribution in [-0.2, 0) is 29.0 Å². The van der Waals surface area contributed by atoms with Gasteiger partial charge >= 0.3 is 12.2 Å². The first-order chi connectivity index (χ1) is 18.2. The maximum absolute atomic E-state index is 12.8. The second-order valence-electron chi connectivity index (χ2n) is 10.2. The number of imidazole rings is 1. The number of carbonyl (C=O) groups excluding carboxylic acids is 2. The van der Waals surface area contributed by atoms with Gasteiger partial charge in [-0.2, -0.15) is 0 Å². The quantitative estimate of drug-likeness (QED) is 0.373. The fourth-order valence-corrected chi connectivity index (χ4v) is 4.49. The highest BCUT2D eigenvalue weighted by atomic mass is 16.6. The molecular weight excluding hydrogens is 482 g/mol. The van der Waals surface area contributed by atoms with E-state index < -0.39 is 11.7 Å². The molecule has 38 heavy (non-hydrogen) atoms. The molecule has 1 aliphatic heterocycles. The Kier molecular flexibility index (Phi) is 6.67. The van der Waals surface area contributed by atoms with Crippen LogP contribution in [0.15, 0.2) is 66.7 Å². The van der Waals surface area contributed by atoms with Gasteiger partial charge in [0, 0.05) is 13.1 Å². The van der Waals surface area contributed by atoms with Gasteiger partial charge in [0.1, 0.15) is 12.2 Å². The zero-order chi connectivity index (χ0) is 26.9. The lowest BCUT2D eigenvalue weighted by atomic mass is 10.1. The van der Waals surface area contributed by atoms with Crippen LogP contribution in [0.3, 0.4) is 0 Å². The number of nitrogens with two attached hydrogens (primary N) is 1. The summed E-state index contributed by atoms with van der Waals surface area (Å²) in [6, 6.07) is 21.2. The molecule has 5 rings (SSSR count). The van der Waals surface area contributed by atoms with Crippen molar-refractivity contribution in [2.75, 3.05) is 17.2 Å². The van der Waals surface area contributed by atoms with Gasteiger partial charge in [0.25, 0.3) is 0 Å². The molecule has 0 unspecified atom stereocenters. The van der Waals surface area contributed by atoms with Crippen molar-refractivity contribution < 1.29 is 19.1 Å². The number of alkyl carbamates (subject to hydrolysis) is 1. The summed E-state index contributed by atoms with van der Waals surface area (Å²) < 4.78 is 12.7. The number of carbonyl (C=O) groups is 2. The van der Waals surface area contributed by atoms with E-state index in [-0.39, 0.29) is 12.7 Å². The minimum Gasteiger partial charge on any atom is -0.445 e. The Balaban J connectivity index is 1.31. The molecule has 1 aromatic heterocycles. The molecule has 1 aliphatic rings. The summed E-state index contributed by atoms with van der Waals surface area (Å²) in [6.07, 6.45) is -0.0953. The fraction of sp³-hybridized carbons (Fsp3) is 0.276. The smallest absolute Gasteiger partial charge is 0.414 e. The maximum atomic E-state index is 12.8. The number of rotatable bonds is 5. The van der Waals surface area contributed by atoms with Gasteiger partial charge in [-0.05, 0) is 68.1 Å². The molecule has 0 radical (unpaired) electrons. The standard InChI is InChI=1S/C29H31N5O4/c1-29(2,3)38-28(36)33-14-13-21-10-11-22(16-25(21)33)34-24-12-9-20(15-23(24)32-26(34)30)17-31-27(35)37-18-19-7-5-4-6-8-19/h4-12,15-16H,13-14,17-18H2,1-3H3,(H2,30,32)(H,31,35). The minimum atomic E-state index is -0.576.